The van der Waals surface area contributed by atoms with Crippen LogP contribution in [0.5, 0.6) is 0 Å². The van der Waals surface area contributed by atoms with E-state index in [1.165, 1.54) is 270 Å². The summed E-state index contributed by atoms with van der Waals surface area (Å²) in [7, 11) is 0. The van der Waals surface area contributed by atoms with Gasteiger partial charge in [-0.3, -0.25) is 38.4 Å². The number of carboxylic acid groups (broad SMARTS) is 1. The topological polar surface area (TPSA) is 223 Å². The van der Waals surface area contributed by atoms with Crippen LogP contribution >= 0.6 is 23.2 Å². The number of carbonyl (C=O) groups is 8. The van der Waals surface area contributed by atoms with Crippen LogP contribution in [0.15, 0.2) is 0 Å². The first-order valence-electron chi connectivity index (χ1n) is 41.0. The molecule has 0 rings (SSSR count). The normalized spacial score (nSPS) is 11.2. The molecule has 0 aromatic carbocycles. The van der Waals surface area contributed by atoms with Crippen molar-refractivity contribution < 1.29 is 72.3 Å². The zero-order chi connectivity index (χ0) is 73.7. The number of ether oxygens (including phenoxy) is 5. The van der Waals surface area contributed by atoms with Gasteiger partial charge in [0.15, 0.2) is 6.10 Å². The Balaban J connectivity index is -0.000000532. The van der Waals surface area contributed by atoms with Crippen molar-refractivity contribution >= 4 is 69.5 Å². The van der Waals surface area contributed by atoms with Crippen molar-refractivity contribution in [3.63, 3.8) is 0 Å². The van der Waals surface area contributed by atoms with E-state index < -0.39 is 40.5 Å². The van der Waals surface area contributed by atoms with Crippen molar-refractivity contribution in [1.82, 2.24) is 0 Å². The van der Waals surface area contributed by atoms with Crippen molar-refractivity contribution in [2.24, 2.45) is 11.8 Å². The molecule has 101 heavy (non-hydrogen) atoms. The van der Waals surface area contributed by atoms with Gasteiger partial charge in [0.05, 0.1) is 0 Å². The lowest BCUT2D eigenvalue weighted by molar-refractivity contribution is -0.167. The third kappa shape index (κ3) is 92.7. The molecule has 0 aliphatic carbocycles. The minimum atomic E-state index is -0.985. The van der Waals surface area contributed by atoms with E-state index in [-0.39, 0.29) is 96.8 Å². The first kappa shape index (κ1) is 106. The predicted molar refractivity (Wildman–Crippen MR) is 421 cm³/mol. The fourth-order valence-corrected chi connectivity index (χ4v) is 12.4. The molecule has 0 saturated heterocycles. The Morgan fingerprint density at radius 2 is 0.465 bits per heavy atom. The fourth-order valence-electron chi connectivity index (χ4n) is 11.9. The molecular weight excluding hydrogens is 1320 g/mol. The lowest BCUT2D eigenvalue weighted by Crippen LogP contribution is -2.31. The van der Waals surface area contributed by atoms with Gasteiger partial charge in [-0.2, -0.15) is 0 Å². The molecule has 17 heteroatoms. The number of esters is 5. The molecule has 2 N–H and O–H groups in total. The van der Waals surface area contributed by atoms with Gasteiger partial charge in [0, 0.05) is 51.4 Å². The number of aliphatic carboxylic acids is 1. The number of halogens is 2. The summed E-state index contributed by atoms with van der Waals surface area (Å²) in [6.07, 6.45) is 64.6. The van der Waals surface area contributed by atoms with Gasteiger partial charge in [0.25, 0.3) is 0 Å². The van der Waals surface area contributed by atoms with E-state index in [0.717, 1.165) is 64.2 Å². The Morgan fingerprint density at radius 3 is 0.663 bits per heavy atom. The zero-order valence-corrected chi connectivity index (χ0v) is 66.0. The summed E-state index contributed by atoms with van der Waals surface area (Å²) in [5.74, 6) is -3.30. The Kier molecular flexibility index (Phi) is 90.1. The lowest BCUT2D eigenvalue weighted by Gasteiger charge is -2.19. The number of hydrogen-bond acceptors (Lipinski definition) is 14. The third-order valence-electron chi connectivity index (χ3n) is 18.0. The number of hydrogen-bond donors (Lipinski definition) is 2. The fraction of sp³-hybridized carbons (Fsp3) is 0.905. The molecule has 0 spiro atoms. The maximum Gasteiger partial charge on any atom is 0.306 e. The summed E-state index contributed by atoms with van der Waals surface area (Å²) < 4.78 is 26.5. The highest BCUT2D eigenvalue weighted by Gasteiger charge is 2.22. The Bertz CT molecular complexity index is 1740. The Hall–Kier alpha value is -3.30. The van der Waals surface area contributed by atoms with Crippen LogP contribution in [0.25, 0.3) is 0 Å². The van der Waals surface area contributed by atoms with Crippen LogP contribution in [0.1, 0.15) is 442 Å². The summed E-state index contributed by atoms with van der Waals surface area (Å²) in [4.78, 5) is 92.5. The minimum Gasteiger partial charge on any atom is -0.481 e. The Labute approximate surface area is 630 Å². The number of carboxylic acids is 1. The second-order valence-corrected chi connectivity index (χ2v) is 29.4. The minimum absolute atomic E-state index is 0. The summed E-state index contributed by atoms with van der Waals surface area (Å²) in [5, 5.41) is 18.1. The van der Waals surface area contributed by atoms with Crippen LogP contribution < -0.4 is 0 Å². The predicted octanol–water partition coefficient (Wildman–Crippen LogP) is 25.1. The quantitative estimate of drug-likeness (QED) is 0.0250. The van der Waals surface area contributed by atoms with Crippen LogP contribution in [-0.4, -0.2) is 95.1 Å². The molecule has 1 atom stereocenters. The lowest BCUT2D eigenvalue weighted by atomic mass is 10.0. The van der Waals surface area contributed by atoms with Crippen molar-refractivity contribution in [2.45, 2.75) is 454 Å². The molecule has 0 bridgehead atoms. The van der Waals surface area contributed by atoms with Gasteiger partial charge >= 0.3 is 35.8 Å². The maximum absolute atomic E-state index is 12.5. The average Bonchev–Trinajstić information content (AvgIpc) is 1.20. The van der Waals surface area contributed by atoms with E-state index in [1.807, 2.05) is 0 Å². The zero-order valence-electron chi connectivity index (χ0n) is 64.5. The SMILES string of the molecule is C.C.CC(CC(=O)Cl)CC(=O)Cl.CCCCCCCCCCCCCCCC(=O)OCC(COC(=O)CCCCCCCCCCCCCCC)OC(=O)CC(C)CC(=O)O.CCCCCCCCCCCCCCCC(=O)OCC(O)COC(=O)CCCCCCCCCCCCCCC. The molecule has 0 radical (unpaired) electrons. The van der Waals surface area contributed by atoms with Crippen LogP contribution in [0, 0.1) is 11.8 Å². The van der Waals surface area contributed by atoms with Gasteiger partial charge < -0.3 is 33.9 Å². The number of aliphatic hydroxyl groups excluding tert-OH is 1. The van der Waals surface area contributed by atoms with E-state index in [9.17, 15) is 43.5 Å². The molecule has 15 nitrogen and oxygen atoms in total. The van der Waals surface area contributed by atoms with E-state index in [0.29, 0.717) is 25.7 Å². The van der Waals surface area contributed by atoms with Gasteiger partial charge in [-0.15, -0.1) is 0 Å². The largest absolute Gasteiger partial charge is 0.481 e. The summed E-state index contributed by atoms with van der Waals surface area (Å²) in [6.45, 7) is 11.8. The van der Waals surface area contributed by atoms with Crippen LogP contribution in [0.3, 0.4) is 0 Å². The van der Waals surface area contributed by atoms with Gasteiger partial charge in [0.2, 0.25) is 10.5 Å². The molecule has 0 aromatic heterocycles. The first-order valence-corrected chi connectivity index (χ1v) is 41.7. The molecule has 1 unspecified atom stereocenters. The van der Waals surface area contributed by atoms with Crippen LogP contribution in [-0.2, 0) is 62.0 Å². The summed E-state index contributed by atoms with van der Waals surface area (Å²) >= 11 is 10.1. The molecule has 0 aliphatic heterocycles. The highest BCUT2D eigenvalue weighted by Crippen LogP contribution is 2.19. The van der Waals surface area contributed by atoms with Gasteiger partial charge in [-0.05, 0) is 60.7 Å². The number of aliphatic hydroxyl groups is 1. The van der Waals surface area contributed by atoms with Crippen LogP contribution in [0.4, 0.5) is 0 Å². The third-order valence-corrected chi connectivity index (χ3v) is 18.3. The first-order chi connectivity index (χ1) is 47.9. The highest BCUT2D eigenvalue weighted by molar-refractivity contribution is 6.64. The van der Waals surface area contributed by atoms with Gasteiger partial charge in [0.1, 0.15) is 32.5 Å². The number of rotatable bonds is 73. The van der Waals surface area contributed by atoms with E-state index in [2.05, 4.69) is 27.7 Å². The average molecular weight is 1480 g/mol. The molecule has 0 aromatic rings. The smallest absolute Gasteiger partial charge is 0.306 e. The molecule has 0 heterocycles. The molecule has 0 aliphatic rings. The summed E-state index contributed by atoms with van der Waals surface area (Å²) in [5.41, 5.74) is 0. The second kappa shape index (κ2) is 85.6. The second-order valence-electron chi connectivity index (χ2n) is 28.6. The number of carbonyl (C=O) groups excluding carboxylic acids is 7. The highest BCUT2D eigenvalue weighted by atomic mass is 35.5. The molecule has 0 saturated carbocycles. The van der Waals surface area contributed by atoms with E-state index >= 15 is 0 Å². The molecule has 0 fully saturated rings. The van der Waals surface area contributed by atoms with E-state index in [4.69, 9.17) is 52.0 Å². The van der Waals surface area contributed by atoms with Gasteiger partial charge in [-0.25, -0.2) is 0 Å². The van der Waals surface area contributed by atoms with Crippen molar-refractivity contribution in [3.05, 3.63) is 0 Å². The van der Waals surface area contributed by atoms with Crippen LogP contribution in [0.2, 0.25) is 0 Å². The monoisotopic (exact) mass is 1480 g/mol. The standard InChI is InChI=1S/C41H76O8.C35H68O5.C6H8Cl2O2.2CH4/c1-4-6-8-10-12-14-16-18-20-22-24-26-28-30-39(44)47-34-37(49-41(46)33-36(3)32-38(42)43)35-48-40(45)31-29-27-25-23-21-19-17-15-13-11-9-7-5-2;1-3-5-7-9-11-13-15-17-19-21-23-25-27-29-34(37)39-31-33(36)32-40-35(38)30-28-26-24-22-20-18-16-14-12-10-8-6-4-2;1-4(2-5(7)9)3-6(8)10;;/h36-37H,4-35H2,1-3H3,(H,42,43);33,36H,3-32H2,1-2H3;4H,2-3H2,1H3;2*1H4. The summed E-state index contributed by atoms with van der Waals surface area (Å²) in [6, 6.07) is 0. The number of unbranched alkanes of at least 4 members (excludes halogenated alkanes) is 48. The molecular formula is C84H160Cl2O15. The van der Waals surface area contributed by atoms with Gasteiger partial charge in [-0.1, -0.05) is 365 Å². The van der Waals surface area contributed by atoms with Crippen molar-refractivity contribution in [3.8, 4) is 0 Å². The Morgan fingerprint density at radius 1 is 0.277 bits per heavy atom. The maximum atomic E-state index is 12.5. The van der Waals surface area contributed by atoms with E-state index in [1.54, 1.807) is 13.8 Å². The van der Waals surface area contributed by atoms with Crippen molar-refractivity contribution in [1.29, 1.82) is 0 Å². The molecule has 600 valence electrons. The van der Waals surface area contributed by atoms with Crippen molar-refractivity contribution in [2.75, 3.05) is 26.4 Å². The molecule has 0 amide bonds.